The average Bonchev–Trinajstić information content (AvgIpc) is 3.86. The van der Waals surface area contributed by atoms with E-state index in [-0.39, 0.29) is 11.3 Å². The Bertz CT molecular complexity index is 2800. The fraction of sp³-hybridized carbons (Fsp3) is 0.180. The van der Waals surface area contributed by atoms with E-state index in [2.05, 4.69) is 175 Å². The predicted molar refractivity (Wildman–Crippen MR) is 226 cm³/mol. The van der Waals surface area contributed by atoms with Crippen LogP contribution in [0, 0.1) is 5.92 Å². The van der Waals surface area contributed by atoms with E-state index < -0.39 is 5.41 Å². The van der Waals surface area contributed by atoms with Crippen molar-refractivity contribution in [3.63, 3.8) is 0 Å². The highest BCUT2D eigenvalue weighted by atomic mass is 32.1. The third-order valence-corrected chi connectivity index (χ3v) is 13.5. The van der Waals surface area contributed by atoms with E-state index in [9.17, 15) is 0 Å². The Morgan fingerprint density at radius 2 is 1.39 bits per heavy atom. The summed E-state index contributed by atoms with van der Waals surface area (Å²) in [5, 5.41) is 2.55. The molecule has 0 fully saturated rings. The van der Waals surface area contributed by atoms with Gasteiger partial charge in [-0.1, -0.05) is 135 Å². The van der Waals surface area contributed by atoms with Crippen LogP contribution < -0.4 is 0 Å². The molecule has 262 valence electrons. The quantitative estimate of drug-likeness (QED) is 0.178. The van der Waals surface area contributed by atoms with Gasteiger partial charge in [-0.2, -0.15) is 0 Å². The minimum absolute atomic E-state index is 0.142. The summed E-state index contributed by atoms with van der Waals surface area (Å²) in [4.78, 5) is 16.0. The molecule has 0 bridgehead atoms. The zero-order valence-electron chi connectivity index (χ0n) is 31.5. The smallest absolute Gasteiger partial charge is 0.164 e. The Labute approximate surface area is 321 Å². The van der Waals surface area contributed by atoms with Crippen LogP contribution >= 0.6 is 11.3 Å². The molecular formula is C50H41N3S. The molecule has 2 aromatic heterocycles. The largest absolute Gasteiger partial charge is 0.208 e. The highest BCUT2D eigenvalue weighted by molar-refractivity contribution is 7.25. The van der Waals surface area contributed by atoms with Gasteiger partial charge in [0.1, 0.15) is 0 Å². The monoisotopic (exact) mass is 715 g/mol. The number of allylic oxidation sites excluding steroid dienone is 14. The number of fused-ring (bicyclic) bond motifs is 8. The second-order valence-electron chi connectivity index (χ2n) is 15.4. The lowest BCUT2D eigenvalue weighted by Crippen LogP contribution is -2.41. The van der Waals surface area contributed by atoms with Crippen LogP contribution in [0.3, 0.4) is 0 Å². The Hall–Kier alpha value is -5.71. The maximum absolute atomic E-state index is 5.38. The van der Waals surface area contributed by atoms with Gasteiger partial charge in [0.05, 0.1) is 5.41 Å². The molecule has 0 radical (unpaired) electrons. The topological polar surface area (TPSA) is 38.7 Å². The summed E-state index contributed by atoms with van der Waals surface area (Å²) < 4.78 is 2.52. The molecule has 0 unspecified atom stereocenters. The fourth-order valence-electron chi connectivity index (χ4n) is 9.75. The van der Waals surface area contributed by atoms with Crippen LogP contribution in [-0.4, -0.2) is 15.0 Å². The number of nitrogens with zero attached hydrogens (tertiary/aromatic N) is 3. The van der Waals surface area contributed by atoms with E-state index in [1.165, 1.54) is 70.3 Å². The van der Waals surface area contributed by atoms with Gasteiger partial charge in [0.25, 0.3) is 0 Å². The van der Waals surface area contributed by atoms with Crippen molar-refractivity contribution >= 4 is 42.7 Å². The van der Waals surface area contributed by atoms with Crippen molar-refractivity contribution in [2.45, 2.75) is 52.4 Å². The minimum Gasteiger partial charge on any atom is -0.208 e. The van der Waals surface area contributed by atoms with Crippen molar-refractivity contribution in [1.29, 1.82) is 0 Å². The first kappa shape index (κ1) is 32.9. The first-order chi connectivity index (χ1) is 26.3. The summed E-state index contributed by atoms with van der Waals surface area (Å²) in [6.45, 7) is 13.7. The maximum Gasteiger partial charge on any atom is 0.164 e. The Balaban J connectivity index is 1.22. The maximum atomic E-state index is 5.38. The van der Waals surface area contributed by atoms with Crippen molar-refractivity contribution < 1.29 is 0 Å². The number of rotatable bonds is 5. The van der Waals surface area contributed by atoms with Crippen molar-refractivity contribution in [2.24, 2.45) is 5.92 Å². The fourth-order valence-corrected chi connectivity index (χ4v) is 10.9. The molecule has 4 heteroatoms. The van der Waals surface area contributed by atoms with Gasteiger partial charge in [0.15, 0.2) is 17.5 Å². The van der Waals surface area contributed by atoms with Gasteiger partial charge in [0, 0.05) is 48.2 Å². The number of thiophene rings is 1. The summed E-state index contributed by atoms with van der Waals surface area (Å²) in [7, 11) is 0. The van der Waals surface area contributed by atoms with Crippen LogP contribution in [0.2, 0.25) is 0 Å². The first-order valence-electron chi connectivity index (χ1n) is 19.0. The molecule has 1 atom stereocenters. The molecule has 4 aliphatic carbocycles. The minimum atomic E-state index is -0.435. The number of hydrogen-bond donors (Lipinski definition) is 0. The van der Waals surface area contributed by atoms with Gasteiger partial charge in [-0.05, 0) is 89.9 Å². The highest BCUT2D eigenvalue weighted by Crippen LogP contribution is 2.61. The van der Waals surface area contributed by atoms with Gasteiger partial charge in [0.2, 0.25) is 0 Å². The second kappa shape index (κ2) is 11.9. The molecule has 4 aromatic carbocycles. The molecule has 0 amide bonds. The molecule has 1 spiro atoms. The van der Waals surface area contributed by atoms with E-state index in [1.807, 2.05) is 11.3 Å². The van der Waals surface area contributed by atoms with E-state index in [4.69, 9.17) is 15.0 Å². The lowest BCUT2D eigenvalue weighted by atomic mass is 9.55. The molecule has 10 rings (SSSR count). The lowest BCUT2D eigenvalue weighted by Gasteiger charge is -2.47. The molecule has 4 aliphatic rings. The summed E-state index contributed by atoms with van der Waals surface area (Å²) in [6.07, 6.45) is 15.5. The van der Waals surface area contributed by atoms with Crippen molar-refractivity contribution in [1.82, 2.24) is 15.0 Å². The summed E-state index contributed by atoms with van der Waals surface area (Å²) >= 11 is 1.82. The summed E-state index contributed by atoms with van der Waals surface area (Å²) in [5.41, 5.74) is 14.4. The van der Waals surface area contributed by atoms with Crippen LogP contribution in [0.15, 0.2) is 161 Å². The Kier molecular flexibility index (Phi) is 7.25. The predicted octanol–water partition coefficient (Wildman–Crippen LogP) is 12.7. The van der Waals surface area contributed by atoms with E-state index in [1.54, 1.807) is 0 Å². The van der Waals surface area contributed by atoms with Gasteiger partial charge in [-0.25, -0.2) is 15.0 Å². The van der Waals surface area contributed by atoms with E-state index in [0.717, 1.165) is 22.5 Å². The third kappa shape index (κ3) is 4.50. The molecule has 0 saturated carbocycles. The second-order valence-corrected chi connectivity index (χ2v) is 16.5. The third-order valence-electron chi connectivity index (χ3n) is 12.4. The SMILES string of the molecule is C/C=C\C1=C(C)C2(C(C)=C1/C(=C\C)c1nc(C3=CC=CC4=C[C@@H]43)nc(-c3ccc4c(c3)sc3ccccc34)n1)c1ccccc1C(C)(C)c1ccccc12. The number of hydrogen-bond acceptors (Lipinski definition) is 4. The standard InChI is InChI=1S/C50H41N3S/c1-7-16-34-29(3)50(41-22-12-10-20-39(41)49(5,6)40-21-11-13-23-42(40)50)30(4)45(34)33(8-2)47-51-46(52-48(53-47)37-19-15-17-31-27-38(31)37)32-25-26-36-35-18-9-14-24-43(35)54-44(36)28-32/h7-28,38H,1-6H3/b16-7-,33-8+/t38-/m0/s1. The van der Waals surface area contributed by atoms with Crippen molar-refractivity contribution in [2.75, 3.05) is 0 Å². The van der Waals surface area contributed by atoms with Crippen LogP contribution in [0.25, 0.3) is 42.7 Å². The Morgan fingerprint density at radius 1 is 0.722 bits per heavy atom. The zero-order valence-corrected chi connectivity index (χ0v) is 32.3. The summed E-state index contributed by atoms with van der Waals surface area (Å²) in [5.74, 6) is 2.39. The number of aromatic nitrogens is 3. The van der Waals surface area contributed by atoms with E-state index in [0.29, 0.717) is 11.6 Å². The molecular weight excluding hydrogens is 675 g/mol. The normalized spacial score (nSPS) is 19.4. The first-order valence-corrected chi connectivity index (χ1v) is 19.8. The van der Waals surface area contributed by atoms with Gasteiger partial charge < -0.3 is 0 Å². The zero-order chi connectivity index (χ0) is 36.9. The molecule has 2 heterocycles. The molecule has 0 N–H and O–H groups in total. The van der Waals surface area contributed by atoms with Crippen molar-refractivity contribution in [3.8, 4) is 11.4 Å². The number of benzene rings is 4. The van der Waals surface area contributed by atoms with Gasteiger partial charge in [-0.3, -0.25) is 0 Å². The molecule has 0 saturated heterocycles. The van der Waals surface area contributed by atoms with E-state index >= 15 is 0 Å². The van der Waals surface area contributed by atoms with Gasteiger partial charge >= 0.3 is 0 Å². The molecule has 3 nitrogen and oxygen atoms in total. The van der Waals surface area contributed by atoms with Crippen LogP contribution in [0.4, 0.5) is 0 Å². The van der Waals surface area contributed by atoms with Crippen LogP contribution in [-0.2, 0) is 10.8 Å². The summed E-state index contributed by atoms with van der Waals surface area (Å²) in [6, 6.07) is 33.5. The Morgan fingerprint density at radius 3 is 2.11 bits per heavy atom. The lowest BCUT2D eigenvalue weighted by molar-refractivity contribution is 0.552. The molecule has 0 aliphatic heterocycles. The molecule has 54 heavy (non-hydrogen) atoms. The van der Waals surface area contributed by atoms with Crippen molar-refractivity contribution in [3.05, 3.63) is 195 Å². The van der Waals surface area contributed by atoms with Crippen LogP contribution in [0.1, 0.15) is 75.4 Å². The highest BCUT2D eigenvalue weighted by Gasteiger charge is 2.53. The average molecular weight is 716 g/mol. The van der Waals surface area contributed by atoms with Gasteiger partial charge in [-0.15, -0.1) is 11.3 Å². The molecule has 6 aromatic rings. The van der Waals surface area contributed by atoms with Crippen LogP contribution in [0.5, 0.6) is 0 Å².